The molecule has 154 valence electrons. The van der Waals surface area contributed by atoms with Gasteiger partial charge in [-0.15, -0.1) is 0 Å². The van der Waals surface area contributed by atoms with Crippen LogP contribution in [0.4, 0.5) is 0 Å². The number of hydrogen-bond donors (Lipinski definition) is 1. The lowest BCUT2D eigenvalue weighted by Gasteiger charge is -2.36. The van der Waals surface area contributed by atoms with E-state index in [1.165, 1.54) is 11.1 Å². The number of nitrogens with zero attached hydrogens (tertiary/aromatic N) is 3. The minimum atomic E-state index is 0.153. The molecule has 1 amide bonds. The quantitative estimate of drug-likeness (QED) is 0.606. The third kappa shape index (κ3) is 5.83. The summed E-state index contributed by atoms with van der Waals surface area (Å²) < 4.78 is 0. The lowest BCUT2D eigenvalue weighted by molar-refractivity contribution is -0.130. The van der Waals surface area contributed by atoms with Crippen LogP contribution in [0.3, 0.4) is 0 Å². The van der Waals surface area contributed by atoms with Crippen molar-refractivity contribution in [3.8, 4) is 0 Å². The molecule has 29 heavy (non-hydrogen) atoms. The molecular formula is C24H32N4O. The summed E-state index contributed by atoms with van der Waals surface area (Å²) in [6.07, 6.45) is 0.955. The molecule has 1 N–H and O–H groups in total. The van der Waals surface area contributed by atoms with Crippen molar-refractivity contribution < 1.29 is 4.79 Å². The number of benzene rings is 2. The average Bonchev–Trinajstić information content (AvgIpc) is 2.77. The first kappa shape index (κ1) is 20.9. The van der Waals surface area contributed by atoms with Gasteiger partial charge in [-0.1, -0.05) is 60.7 Å². The van der Waals surface area contributed by atoms with Gasteiger partial charge in [0, 0.05) is 52.1 Å². The van der Waals surface area contributed by atoms with E-state index in [-0.39, 0.29) is 5.91 Å². The van der Waals surface area contributed by atoms with Gasteiger partial charge in [0.05, 0.1) is 0 Å². The number of aliphatic imine (C=N–C) groups is 1. The number of rotatable bonds is 6. The summed E-state index contributed by atoms with van der Waals surface area (Å²) in [5, 5.41) is 3.42. The van der Waals surface area contributed by atoms with Crippen LogP contribution in [-0.2, 0) is 4.79 Å². The topological polar surface area (TPSA) is 47.9 Å². The summed E-state index contributed by atoms with van der Waals surface area (Å²) in [7, 11) is 0. The first-order valence-electron chi connectivity index (χ1n) is 10.6. The third-order valence-electron chi connectivity index (χ3n) is 5.44. The second-order valence-corrected chi connectivity index (χ2v) is 7.39. The van der Waals surface area contributed by atoms with Gasteiger partial charge in [-0.25, -0.2) is 0 Å². The molecule has 0 saturated carbocycles. The molecule has 0 unspecified atom stereocenters. The zero-order chi connectivity index (χ0) is 20.5. The molecule has 5 nitrogen and oxygen atoms in total. The Morgan fingerprint density at radius 3 is 1.93 bits per heavy atom. The number of carbonyl (C=O) groups excluding carboxylic acids is 1. The van der Waals surface area contributed by atoms with E-state index in [4.69, 9.17) is 4.99 Å². The molecule has 1 fully saturated rings. The zero-order valence-corrected chi connectivity index (χ0v) is 17.6. The van der Waals surface area contributed by atoms with E-state index < -0.39 is 0 Å². The summed E-state index contributed by atoms with van der Waals surface area (Å²) in [6.45, 7) is 8.50. The van der Waals surface area contributed by atoms with Gasteiger partial charge in [-0.05, 0) is 24.5 Å². The lowest BCUT2D eigenvalue weighted by Crippen LogP contribution is -2.53. The predicted molar refractivity (Wildman–Crippen MR) is 119 cm³/mol. The molecule has 2 aromatic rings. The largest absolute Gasteiger partial charge is 0.357 e. The van der Waals surface area contributed by atoms with E-state index >= 15 is 0 Å². The summed E-state index contributed by atoms with van der Waals surface area (Å²) >= 11 is 0. The standard InChI is InChI=1S/C24H32N4O/c1-3-25-24(28-18-16-27(17-19-28)20(2)29)26-15-14-23(21-10-6-4-7-11-21)22-12-8-5-9-13-22/h4-13,23H,3,14-19H2,1-2H3,(H,25,26). The molecule has 2 aromatic carbocycles. The smallest absolute Gasteiger partial charge is 0.219 e. The van der Waals surface area contributed by atoms with Crippen molar-refractivity contribution in [2.24, 2.45) is 4.99 Å². The zero-order valence-electron chi connectivity index (χ0n) is 17.6. The van der Waals surface area contributed by atoms with Crippen LogP contribution in [0, 0.1) is 0 Å². The van der Waals surface area contributed by atoms with Crippen LogP contribution in [-0.4, -0.2) is 60.9 Å². The number of guanidine groups is 1. The Morgan fingerprint density at radius 1 is 0.931 bits per heavy atom. The molecule has 1 aliphatic heterocycles. The number of piperazine rings is 1. The van der Waals surface area contributed by atoms with Gasteiger partial charge in [0.2, 0.25) is 5.91 Å². The molecule has 3 rings (SSSR count). The number of hydrogen-bond acceptors (Lipinski definition) is 2. The van der Waals surface area contributed by atoms with E-state index in [0.29, 0.717) is 5.92 Å². The first-order valence-corrected chi connectivity index (χ1v) is 10.6. The van der Waals surface area contributed by atoms with Crippen molar-refractivity contribution in [1.82, 2.24) is 15.1 Å². The summed E-state index contributed by atoms with van der Waals surface area (Å²) in [6, 6.07) is 21.4. The summed E-state index contributed by atoms with van der Waals surface area (Å²) in [5.74, 6) is 1.44. The number of amides is 1. The van der Waals surface area contributed by atoms with Gasteiger partial charge in [0.25, 0.3) is 0 Å². The molecule has 5 heteroatoms. The fourth-order valence-corrected chi connectivity index (χ4v) is 3.85. The Balaban J connectivity index is 1.68. The molecule has 0 bridgehead atoms. The van der Waals surface area contributed by atoms with E-state index in [0.717, 1.165) is 51.6 Å². The SMILES string of the molecule is CCNC(=NCCC(c1ccccc1)c1ccccc1)N1CCN(C(C)=O)CC1. The van der Waals surface area contributed by atoms with Gasteiger partial charge in [-0.3, -0.25) is 9.79 Å². The maximum atomic E-state index is 11.6. The van der Waals surface area contributed by atoms with Crippen LogP contribution >= 0.6 is 0 Å². The van der Waals surface area contributed by atoms with Crippen molar-refractivity contribution >= 4 is 11.9 Å². The van der Waals surface area contributed by atoms with Crippen LogP contribution in [0.1, 0.15) is 37.3 Å². The minimum Gasteiger partial charge on any atom is -0.357 e. The van der Waals surface area contributed by atoms with Crippen LogP contribution in [0.15, 0.2) is 65.7 Å². The van der Waals surface area contributed by atoms with Gasteiger partial charge in [0.1, 0.15) is 0 Å². The van der Waals surface area contributed by atoms with Crippen molar-refractivity contribution in [1.29, 1.82) is 0 Å². The molecule has 0 aromatic heterocycles. The van der Waals surface area contributed by atoms with Gasteiger partial charge in [-0.2, -0.15) is 0 Å². The monoisotopic (exact) mass is 392 g/mol. The van der Waals surface area contributed by atoms with Gasteiger partial charge >= 0.3 is 0 Å². The Morgan fingerprint density at radius 2 is 1.45 bits per heavy atom. The van der Waals surface area contributed by atoms with E-state index in [1.54, 1.807) is 6.92 Å². The van der Waals surface area contributed by atoms with Crippen LogP contribution in [0.5, 0.6) is 0 Å². The Kier molecular flexibility index (Phi) is 7.68. The van der Waals surface area contributed by atoms with Gasteiger partial charge in [0.15, 0.2) is 5.96 Å². The summed E-state index contributed by atoms with van der Waals surface area (Å²) in [4.78, 5) is 20.7. The molecule has 1 heterocycles. The van der Waals surface area contributed by atoms with Crippen molar-refractivity contribution in [3.05, 3.63) is 71.8 Å². The molecule has 1 saturated heterocycles. The lowest BCUT2D eigenvalue weighted by atomic mass is 9.89. The highest BCUT2D eigenvalue weighted by Crippen LogP contribution is 2.27. The van der Waals surface area contributed by atoms with Crippen LogP contribution in [0.2, 0.25) is 0 Å². The van der Waals surface area contributed by atoms with Crippen LogP contribution < -0.4 is 5.32 Å². The average molecular weight is 393 g/mol. The van der Waals surface area contributed by atoms with E-state index in [2.05, 4.69) is 77.8 Å². The predicted octanol–water partition coefficient (Wildman–Crippen LogP) is 3.34. The second kappa shape index (κ2) is 10.6. The maximum absolute atomic E-state index is 11.6. The normalized spacial score (nSPS) is 14.9. The van der Waals surface area contributed by atoms with Crippen LogP contribution in [0.25, 0.3) is 0 Å². The second-order valence-electron chi connectivity index (χ2n) is 7.39. The molecule has 1 aliphatic rings. The Hall–Kier alpha value is -2.82. The van der Waals surface area contributed by atoms with Crippen molar-refractivity contribution in [3.63, 3.8) is 0 Å². The van der Waals surface area contributed by atoms with Crippen molar-refractivity contribution in [2.45, 2.75) is 26.2 Å². The number of carbonyl (C=O) groups is 1. The maximum Gasteiger partial charge on any atom is 0.219 e. The molecule has 0 radical (unpaired) electrons. The molecule has 0 spiro atoms. The highest BCUT2D eigenvalue weighted by atomic mass is 16.2. The highest BCUT2D eigenvalue weighted by molar-refractivity contribution is 5.80. The fraction of sp³-hybridized carbons (Fsp3) is 0.417. The van der Waals surface area contributed by atoms with E-state index in [1.807, 2.05) is 4.90 Å². The summed E-state index contributed by atoms with van der Waals surface area (Å²) in [5.41, 5.74) is 2.66. The molecule has 0 aliphatic carbocycles. The van der Waals surface area contributed by atoms with Gasteiger partial charge < -0.3 is 15.1 Å². The van der Waals surface area contributed by atoms with E-state index in [9.17, 15) is 4.79 Å². The van der Waals surface area contributed by atoms with Crippen molar-refractivity contribution in [2.75, 3.05) is 39.3 Å². The fourth-order valence-electron chi connectivity index (χ4n) is 3.85. The molecular weight excluding hydrogens is 360 g/mol. The highest BCUT2D eigenvalue weighted by Gasteiger charge is 2.21. The minimum absolute atomic E-state index is 0.153. The first-order chi connectivity index (χ1) is 14.2. The number of nitrogens with one attached hydrogen (secondary N) is 1. The Bertz CT molecular complexity index is 744. The Labute approximate surface area is 174 Å². The third-order valence-corrected chi connectivity index (χ3v) is 5.44. The molecule has 0 atom stereocenters.